The second kappa shape index (κ2) is 2.41. The van der Waals surface area contributed by atoms with Crippen LogP contribution in [0, 0.1) is 0 Å². The first-order chi connectivity index (χ1) is 5.75. The molecule has 0 unspecified atom stereocenters. The fourth-order valence-corrected chi connectivity index (χ4v) is 1.12. The van der Waals surface area contributed by atoms with Gasteiger partial charge in [-0.15, -0.1) is 0 Å². The summed E-state index contributed by atoms with van der Waals surface area (Å²) >= 11 is 0. The molecule has 2 nitrogen and oxygen atoms in total. The molecule has 1 N–H and O–H groups in total. The zero-order chi connectivity index (χ0) is 8.55. The molecule has 0 aliphatic carbocycles. The summed E-state index contributed by atoms with van der Waals surface area (Å²) in [7, 11) is 0. The molecule has 1 aromatic rings. The van der Waals surface area contributed by atoms with E-state index in [0.29, 0.717) is 5.76 Å². The lowest BCUT2D eigenvalue weighted by molar-refractivity contribution is 0.437. The van der Waals surface area contributed by atoms with Gasteiger partial charge >= 0.3 is 0 Å². The third-order valence-corrected chi connectivity index (χ3v) is 1.68. The van der Waals surface area contributed by atoms with Crippen molar-refractivity contribution in [3.63, 3.8) is 0 Å². The number of fused-ring (bicyclic) bond motifs is 1. The molecule has 0 atom stereocenters. The third-order valence-electron chi connectivity index (χ3n) is 1.68. The predicted molar refractivity (Wildman–Crippen MR) is 46.9 cm³/mol. The van der Waals surface area contributed by atoms with Crippen molar-refractivity contribution in [2.45, 2.75) is 0 Å². The van der Waals surface area contributed by atoms with Crippen molar-refractivity contribution < 1.29 is 9.84 Å². The van der Waals surface area contributed by atoms with Crippen LogP contribution in [0.25, 0.3) is 6.08 Å². The summed E-state index contributed by atoms with van der Waals surface area (Å²) in [4.78, 5) is 0. The van der Waals surface area contributed by atoms with Crippen molar-refractivity contribution >= 4 is 6.08 Å². The minimum absolute atomic E-state index is 0.245. The number of phenols is 1. The van der Waals surface area contributed by atoms with Gasteiger partial charge in [-0.05, 0) is 30.4 Å². The van der Waals surface area contributed by atoms with Crippen molar-refractivity contribution in [2.75, 3.05) is 0 Å². The van der Waals surface area contributed by atoms with Crippen molar-refractivity contribution in [3.8, 4) is 11.5 Å². The van der Waals surface area contributed by atoms with Gasteiger partial charge in [0.2, 0.25) is 0 Å². The number of rotatable bonds is 0. The second-order valence-corrected chi connectivity index (χ2v) is 2.62. The van der Waals surface area contributed by atoms with E-state index in [0.717, 1.165) is 11.3 Å². The highest BCUT2D eigenvalue weighted by molar-refractivity contribution is 5.63. The van der Waals surface area contributed by atoms with E-state index in [1.807, 2.05) is 6.08 Å². The van der Waals surface area contributed by atoms with Gasteiger partial charge in [0.1, 0.15) is 17.3 Å². The third kappa shape index (κ3) is 1.07. The number of benzene rings is 1. The van der Waals surface area contributed by atoms with E-state index >= 15 is 0 Å². The van der Waals surface area contributed by atoms with E-state index in [1.54, 1.807) is 24.3 Å². The number of phenolic OH excluding ortho intramolecular Hbond substituents is 1. The van der Waals surface area contributed by atoms with E-state index in [9.17, 15) is 0 Å². The molecule has 1 aliphatic rings. The second-order valence-electron chi connectivity index (χ2n) is 2.62. The van der Waals surface area contributed by atoms with Gasteiger partial charge in [-0.25, -0.2) is 0 Å². The molecule has 2 heteroatoms. The van der Waals surface area contributed by atoms with Crippen LogP contribution in [0.1, 0.15) is 5.56 Å². The summed E-state index contributed by atoms with van der Waals surface area (Å²) < 4.78 is 5.29. The van der Waals surface area contributed by atoms with Gasteiger partial charge in [0, 0.05) is 5.56 Å². The van der Waals surface area contributed by atoms with E-state index in [1.165, 1.54) is 0 Å². The van der Waals surface area contributed by atoms with Gasteiger partial charge in [-0.2, -0.15) is 0 Å². The molecular formula is C10H8O2. The highest BCUT2D eigenvalue weighted by Gasteiger charge is 2.07. The Labute approximate surface area is 70.4 Å². The molecule has 1 aromatic carbocycles. The zero-order valence-electron chi connectivity index (χ0n) is 6.45. The summed E-state index contributed by atoms with van der Waals surface area (Å²) in [6.07, 6.45) is 3.63. The van der Waals surface area contributed by atoms with Crippen molar-refractivity contribution in [3.05, 3.63) is 42.2 Å². The summed E-state index contributed by atoms with van der Waals surface area (Å²) in [6.45, 7) is 3.66. The molecule has 0 saturated heterocycles. The average molecular weight is 160 g/mol. The van der Waals surface area contributed by atoms with Crippen LogP contribution in [-0.4, -0.2) is 5.11 Å². The molecule has 0 bridgehead atoms. The van der Waals surface area contributed by atoms with Crippen LogP contribution < -0.4 is 4.74 Å². The first kappa shape index (κ1) is 6.98. The van der Waals surface area contributed by atoms with E-state index < -0.39 is 0 Å². The summed E-state index contributed by atoms with van der Waals surface area (Å²) in [5, 5.41) is 9.14. The van der Waals surface area contributed by atoms with Gasteiger partial charge in [0.25, 0.3) is 0 Å². The Bertz CT molecular complexity index is 364. The number of hydrogen-bond donors (Lipinski definition) is 1. The van der Waals surface area contributed by atoms with Gasteiger partial charge in [0.15, 0.2) is 0 Å². The highest BCUT2D eigenvalue weighted by Crippen LogP contribution is 2.29. The van der Waals surface area contributed by atoms with Crippen LogP contribution in [0.5, 0.6) is 11.5 Å². The number of allylic oxidation sites excluding steroid dienone is 1. The molecule has 12 heavy (non-hydrogen) atoms. The minimum Gasteiger partial charge on any atom is -0.508 e. The monoisotopic (exact) mass is 160 g/mol. The minimum atomic E-state index is 0.245. The molecule has 2 rings (SSSR count). The Balaban J connectivity index is 2.54. The SMILES string of the molecule is C=C1C=Cc2cc(O)ccc2O1. The molecule has 0 fully saturated rings. The number of aromatic hydroxyl groups is 1. The normalized spacial score (nSPS) is 13.8. The lowest BCUT2D eigenvalue weighted by Crippen LogP contribution is -1.96. The molecule has 0 aromatic heterocycles. The molecular weight excluding hydrogens is 152 g/mol. The smallest absolute Gasteiger partial charge is 0.134 e. The summed E-state index contributed by atoms with van der Waals surface area (Å²) in [5.74, 6) is 1.60. The standard InChI is InChI=1S/C10H8O2/c1-7-2-3-8-6-9(11)4-5-10(8)12-7/h2-6,11H,1H2. The molecule has 0 saturated carbocycles. The van der Waals surface area contributed by atoms with Gasteiger partial charge in [-0.3, -0.25) is 0 Å². The Morgan fingerprint density at radius 2 is 2.08 bits per heavy atom. The maximum atomic E-state index is 9.14. The van der Waals surface area contributed by atoms with E-state index in [4.69, 9.17) is 9.84 Å². The fraction of sp³-hybridized carbons (Fsp3) is 0. The predicted octanol–water partition coefficient (Wildman–Crippen LogP) is 2.31. The maximum Gasteiger partial charge on any atom is 0.134 e. The quantitative estimate of drug-likeness (QED) is 0.631. The summed E-state index contributed by atoms with van der Waals surface area (Å²) in [5.41, 5.74) is 0.877. The Kier molecular flexibility index (Phi) is 1.40. The Morgan fingerprint density at radius 1 is 1.25 bits per heavy atom. The van der Waals surface area contributed by atoms with Crippen LogP contribution in [0.3, 0.4) is 0 Å². The molecule has 1 heterocycles. The van der Waals surface area contributed by atoms with E-state index in [-0.39, 0.29) is 5.75 Å². The first-order valence-corrected chi connectivity index (χ1v) is 3.63. The van der Waals surface area contributed by atoms with Gasteiger partial charge < -0.3 is 9.84 Å². The van der Waals surface area contributed by atoms with Crippen molar-refractivity contribution in [1.29, 1.82) is 0 Å². The van der Waals surface area contributed by atoms with Crippen LogP contribution >= 0.6 is 0 Å². The molecule has 0 amide bonds. The zero-order valence-corrected chi connectivity index (χ0v) is 6.45. The molecule has 1 aliphatic heterocycles. The van der Waals surface area contributed by atoms with Gasteiger partial charge in [-0.1, -0.05) is 6.58 Å². The van der Waals surface area contributed by atoms with Crippen molar-refractivity contribution in [1.82, 2.24) is 0 Å². The number of hydrogen-bond acceptors (Lipinski definition) is 2. The Morgan fingerprint density at radius 3 is 2.92 bits per heavy atom. The summed E-state index contributed by atoms with van der Waals surface area (Å²) in [6, 6.07) is 4.96. The van der Waals surface area contributed by atoms with Gasteiger partial charge in [0.05, 0.1) is 0 Å². The van der Waals surface area contributed by atoms with Crippen LogP contribution in [-0.2, 0) is 0 Å². The maximum absolute atomic E-state index is 9.14. The topological polar surface area (TPSA) is 29.5 Å². The highest BCUT2D eigenvalue weighted by atomic mass is 16.5. The van der Waals surface area contributed by atoms with Crippen molar-refractivity contribution in [2.24, 2.45) is 0 Å². The van der Waals surface area contributed by atoms with Crippen LogP contribution in [0.4, 0.5) is 0 Å². The van der Waals surface area contributed by atoms with E-state index in [2.05, 4.69) is 6.58 Å². The fourth-order valence-electron chi connectivity index (χ4n) is 1.12. The number of ether oxygens (including phenoxy) is 1. The van der Waals surface area contributed by atoms with Crippen LogP contribution in [0.2, 0.25) is 0 Å². The molecule has 60 valence electrons. The largest absolute Gasteiger partial charge is 0.508 e. The molecule has 0 spiro atoms. The van der Waals surface area contributed by atoms with Crippen LogP contribution in [0.15, 0.2) is 36.6 Å². The molecule has 0 radical (unpaired) electrons. The Hall–Kier alpha value is -1.70. The first-order valence-electron chi connectivity index (χ1n) is 3.63. The lowest BCUT2D eigenvalue weighted by Gasteiger charge is -2.13. The average Bonchev–Trinajstić information content (AvgIpc) is 2.05. The lowest BCUT2D eigenvalue weighted by atomic mass is 10.1.